The summed E-state index contributed by atoms with van der Waals surface area (Å²) in [6, 6.07) is 0. The Morgan fingerprint density at radius 2 is 1.00 bits per heavy atom. The molecule has 0 amide bonds. The minimum atomic E-state index is 0. The smallest absolute Gasteiger partial charge is 0 e. The fourth-order valence-electron chi connectivity index (χ4n) is 0. The Kier molecular flexibility index (Phi) is 3730. The largest absolute Gasteiger partial charge is 0.412 e. The maximum absolute atomic E-state index is 0. The van der Waals surface area contributed by atoms with E-state index in [4.69, 9.17) is 0 Å². The van der Waals surface area contributed by atoms with E-state index in [0.717, 1.165) is 0 Å². The average Bonchev–Trinajstić information content (AvgIpc) is 0. The van der Waals surface area contributed by atoms with E-state index in [2.05, 4.69) is 0 Å². The van der Waals surface area contributed by atoms with Gasteiger partial charge < -0.3 is 5.48 Å². The molecule has 4 heavy (non-hydrogen) atoms. The topological polar surface area (TPSA) is 31.5 Å². The van der Waals surface area contributed by atoms with Crippen LogP contribution in [-0.2, 0) is 17.1 Å². The van der Waals surface area contributed by atoms with Gasteiger partial charge in [-0.15, -0.1) is 0 Å². The maximum Gasteiger partial charge on any atom is 0 e. The molecule has 0 spiro atoms. The zero-order valence-electron chi connectivity index (χ0n) is 1.43. The van der Waals surface area contributed by atoms with Crippen LogP contribution in [0.5, 0.6) is 0 Å². The third-order valence-corrected chi connectivity index (χ3v) is 0. The predicted molar refractivity (Wildman–Crippen MR) is 16.1 cm³/mol. The van der Waals surface area contributed by atoms with E-state index in [1.807, 2.05) is 0 Å². The van der Waals surface area contributed by atoms with Crippen LogP contribution in [0.15, 0.2) is 0 Å². The van der Waals surface area contributed by atoms with Gasteiger partial charge in [-0.2, -0.15) is 0 Å². The van der Waals surface area contributed by atoms with Crippen molar-refractivity contribution in [3.63, 3.8) is 0 Å². The molecule has 0 atom stereocenters. The first-order valence-electron chi connectivity index (χ1n) is 0. The molecule has 3 radical (unpaired) electrons. The fourth-order valence-corrected chi connectivity index (χ4v) is 0. The quantitative estimate of drug-likeness (QED) is 0.365. The van der Waals surface area contributed by atoms with Gasteiger partial charge in [-0.25, -0.2) is 0 Å². The van der Waals surface area contributed by atoms with Gasteiger partial charge in [-0.1, -0.05) is 7.43 Å². The molecular weight excluding hydrogens is 94.7 g/mol. The molecule has 0 saturated heterocycles. The zero-order valence-corrected chi connectivity index (χ0v) is 2.54. The summed E-state index contributed by atoms with van der Waals surface area (Å²) in [5, 5.41) is 0. The summed E-state index contributed by atoms with van der Waals surface area (Å²) in [5.41, 5.74) is 0. The maximum atomic E-state index is 0. The second kappa shape index (κ2) is 77.4. The molecule has 0 unspecified atom stereocenters. The van der Waals surface area contributed by atoms with E-state index in [1.165, 1.54) is 0 Å². The van der Waals surface area contributed by atoms with Gasteiger partial charge in [0.2, 0.25) is 0 Å². The van der Waals surface area contributed by atoms with Crippen LogP contribution in [0.25, 0.3) is 0 Å². The summed E-state index contributed by atoms with van der Waals surface area (Å²) in [5.74, 6) is 0. The molecule has 0 fully saturated rings. The van der Waals surface area contributed by atoms with Gasteiger partial charge in [0.05, 0.1) is 0 Å². The third kappa shape index (κ3) is 20.5. The van der Waals surface area contributed by atoms with Crippen LogP contribution in [0.3, 0.4) is 0 Å². The van der Waals surface area contributed by atoms with Crippen molar-refractivity contribution in [2.24, 2.45) is 0 Å². The molecular formula is CH6BFeO. The van der Waals surface area contributed by atoms with Gasteiger partial charge in [-0.3, -0.25) is 0 Å². The minimum Gasteiger partial charge on any atom is -0.412 e. The first-order valence-corrected chi connectivity index (χ1v) is 0. The van der Waals surface area contributed by atoms with Crippen molar-refractivity contribution in [1.29, 1.82) is 0 Å². The first kappa shape index (κ1) is 193. The van der Waals surface area contributed by atoms with E-state index in [0.29, 0.717) is 0 Å². The molecule has 0 aromatic carbocycles. The molecule has 0 bridgehead atoms. The van der Waals surface area contributed by atoms with Crippen LogP contribution >= 0.6 is 0 Å². The van der Waals surface area contributed by atoms with Crippen molar-refractivity contribution in [2.45, 2.75) is 7.43 Å². The molecule has 0 aliphatic carbocycles. The van der Waals surface area contributed by atoms with Gasteiger partial charge in [-0.05, 0) is 0 Å². The molecule has 1 nitrogen and oxygen atoms in total. The molecule has 0 saturated carbocycles. The van der Waals surface area contributed by atoms with Gasteiger partial charge in [0.25, 0.3) is 0 Å². The molecule has 0 aromatic rings. The summed E-state index contributed by atoms with van der Waals surface area (Å²) in [6.45, 7) is 0. The Labute approximate surface area is 39.1 Å². The Morgan fingerprint density at radius 3 is 1.00 bits per heavy atom. The summed E-state index contributed by atoms with van der Waals surface area (Å²) in [7, 11) is 0. The fraction of sp³-hybridized carbons (Fsp3) is 1.00. The van der Waals surface area contributed by atoms with Gasteiger partial charge >= 0.3 is 0 Å². The predicted octanol–water partition coefficient (Wildman–Crippen LogP) is -0.572. The van der Waals surface area contributed by atoms with Gasteiger partial charge in [0.15, 0.2) is 0 Å². The normalized spacial score (nSPS) is 0. The van der Waals surface area contributed by atoms with E-state index in [9.17, 15) is 0 Å². The second-order valence-electron chi connectivity index (χ2n) is 0. The van der Waals surface area contributed by atoms with Crippen molar-refractivity contribution >= 4 is 8.41 Å². The van der Waals surface area contributed by atoms with Crippen LogP contribution in [-0.4, -0.2) is 13.9 Å². The summed E-state index contributed by atoms with van der Waals surface area (Å²) < 4.78 is 0. The standard InChI is InChI=1S/CH4.B.Fe.H2O/h1H4;;;1H2. The van der Waals surface area contributed by atoms with Crippen molar-refractivity contribution in [3.8, 4) is 0 Å². The van der Waals surface area contributed by atoms with Gasteiger partial charge in [0.1, 0.15) is 0 Å². The molecule has 3 heteroatoms. The Morgan fingerprint density at radius 1 is 1.00 bits per heavy atom. The molecule has 2 N–H and O–H groups in total. The van der Waals surface area contributed by atoms with Crippen molar-refractivity contribution in [1.82, 2.24) is 0 Å². The summed E-state index contributed by atoms with van der Waals surface area (Å²) in [6.07, 6.45) is 0. The van der Waals surface area contributed by atoms with E-state index in [-0.39, 0.29) is 38.4 Å². The van der Waals surface area contributed by atoms with E-state index in [1.54, 1.807) is 0 Å². The number of hydrogen-bond donors (Lipinski definition) is 0. The Hall–Kier alpha value is 0.544. The average molecular weight is 101 g/mol. The van der Waals surface area contributed by atoms with E-state index >= 15 is 0 Å². The van der Waals surface area contributed by atoms with Crippen LogP contribution in [0.4, 0.5) is 0 Å². The number of hydrogen-bond acceptors (Lipinski definition) is 0. The Bertz CT molecular complexity index is 8.00. The van der Waals surface area contributed by atoms with E-state index < -0.39 is 0 Å². The first-order chi connectivity index (χ1) is 0. The summed E-state index contributed by atoms with van der Waals surface area (Å²) >= 11 is 0. The van der Waals surface area contributed by atoms with Crippen LogP contribution in [0.1, 0.15) is 7.43 Å². The molecule has 0 aromatic heterocycles. The van der Waals surface area contributed by atoms with Crippen molar-refractivity contribution < 1.29 is 22.5 Å². The van der Waals surface area contributed by atoms with Gasteiger partial charge in [0, 0.05) is 25.5 Å². The third-order valence-electron chi connectivity index (χ3n) is 0. The number of rotatable bonds is 0. The second-order valence-corrected chi connectivity index (χ2v) is 0. The molecule has 0 rings (SSSR count). The van der Waals surface area contributed by atoms with Crippen molar-refractivity contribution in [3.05, 3.63) is 0 Å². The minimum absolute atomic E-state index is 0. The van der Waals surface area contributed by atoms with Crippen molar-refractivity contribution in [2.75, 3.05) is 0 Å². The zero-order chi connectivity index (χ0) is 0. The monoisotopic (exact) mass is 101 g/mol. The van der Waals surface area contributed by atoms with Crippen LogP contribution < -0.4 is 0 Å². The summed E-state index contributed by atoms with van der Waals surface area (Å²) in [4.78, 5) is 0. The Balaban J connectivity index is 0. The molecule has 0 aliphatic rings. The van der Waals surface area contributed by atoms with Crippen LogP contribution in [0, 0.1) is 0 Å². The SMILES string of the molecule is C.O.[B].[Fe]. The van der Waals surface area contributed by atoms with Crippen LogP contribution in [0.2, 0.25) is 0 Å². The molecule has 27 valence electrons. The molecule has 0 aliphatic heterocycles. The molecule has 0 heterocycles.